The van der Waals surface area contributed by atoms with E-state index in [0.717, 1.165) is 5.56 Å². The van der Waals surface area contributed by atoms with E-state index in [2.05, 4.69) is 11.9 Å². The van der Waals surface area contributed by atoms with Gasteiger partial charge in [0, 0.05) is 19.6 Å². The molecule has 1 aliphatic rings. The largest absolute Gasteiger partial charge is 0.495 e. The van der Waals surface area contributed by atoms with Crippen molar-refractivity contribution in [3.05, 3.63) is 36.4 Å². The topological polar surface area (TPSA) is 75.7 Å². The molecular formula is C17H24N2O4S. The Kier molecular flexibility index (Phi) is 6.01. The number of amides is 1. The molecule has 1 aliphatic heterocycles. The predicted octanol–water partition coefficient (Wildman–Crippen LogP) is 1.71. The number of carbonyl (C=O) groups is 1. The SMILES string of the molecule is C=CCNC(=O)[C@H]1CCCN(S(=O)(=O)c2cc(C)ccc2OC)C1. The Labute approximate surface area is 143 Å². The zero-order valence-corrected chi connectivity index (χ0v) is 14.9. The van der Waals surface area contributed by atoms with Gasteiger partial charge in [-0.15, -0.1) is 6.58 Å². The minimum absolute atomic E-state index is 0.133. The number of sulfonamides is 1. The standard InChI is InChI=1S/C17H24N2O4S/c1-4-9-18-17(20)14-6-5-10-19(12-14)24(21,22)16-11-13(2)7-8-15(16)23-3/h4,7-8,11,14H,1,5-6,9-10,12H2,2-3H3,(H,18,20)/t14-/m0/s1. The molecule has 1 aromatic carbocycles. The molecule has 6 nitrogen and oxygen atoms in total. The number of rotatable bonds is 6. The summed E-state index contributed by atoms with van der Waals surface area (Å²) in [5.41, 5.74) is 0.840. The van der Waals surface area contributed by atoms with Crippen LogP contribution in [0.5, 0.6) is 5.75 Å². The molecule has 1 saturated heterocycles. The molecule has 1 heterocycles. The number of hydrogen-bond donors (Lipinski definition) is 1. The number of ether oxygens (including phenoxy) is 1. The van der Waals surface area contributed by atoms with Crippen LogP contribution in [0.25, 0.3) is 0 Å². The van der Waals surface area contributed by atoms with Crippen LogP contribution < -0.4 is 10.1 Å². The van der Waals surface area contributed by atoms with Crippen LogP contribution in [0, 0.1) is 12.8 Å². The molecule has 0 unspecified atom stereocenters. The average Bonchev–Trinajstić information content (AvgIpc) is 2.59. The highest BCUT2D eigenvalue weighted by Crippen LogP contribution is 2.30. The number of aryl methyl sites for hydroxylation is 1. The maximum Gasteiger partial charge on any atom is 0.246 e. The number of nitrogens with zero attached hydrogens (tertiary/aromatic N) is 1. The second-order valence-corrected chi connectivity index (χ2v) is 7.80. The summed E-state index contributed by atoms with van der Waals surface area (Å²) in [7, 11) is -2.26. The fraction of sp³-hybridized carbons (Fsp3) is 0.471. The van der Waals surface area contributed by atoms with Crippen LogP contribution in [0.1, 0.15) is 18.4 Å². The Hall–Kier alpha value is -1.86. The van der Waals surface area contributed by atoms with Gasteiger partial charge in [0.25, 0.3) is 0 Å². The van der Waals surface area contributed by atoms with Gasteiger partial charge in [0.15, 0.2) is 0 Å². The third kappa shape index (κ3) is 3.96. The molecule has 132 valence electrons. The van der Waals surface area contributed by atoms with Crippen LogP contribution >= 0.6 is 0 Å². The van der Waals surface area contributed by atoms with E-state index >= 15 is 0 Å². The minimum atomic E-state index is -3.71. The van der Waals surface area contributed by atoms with Gasteiger partial charge in [-0.25, -0.2) is 8.42 Å². The molecule has 0 aromatic heterocycles. The summed E-state index contributed by atoms with van der Waals surface area (Å²) in [6, 6.07) is 5.07. The second-order valence-electron chi connectivity index (χ2n) is 5.89. The monoisotopic (exact) mass is 352 g/mol. The van der Waals surface area contributed by atoms with E-state index in [-0.39, 0.29) is 23.3 Å². The third-order valence-electron chi connectivity index (χ3n) is 4.11. The average molecular weight is 352 g/mol. The first kappa shape index (κ1) is 18.5. The van der Waals surface area contributed by atoms with Crippen molar-refractivity contribution in [1.29, 1.82) is 0 Å². The second kappa shape index (κ2) is 7.81. The van der Waals surface area contributed by atoms with E-state index < -0.39 is 10.0 Å². The van der Waals surface area contributed by atoms with E-state index in [1.54, 1.807) is 24.3 Å². The van der Waals surface area contributed by atoms with Gasteiger partial charge in [-0.1, -0.05) is 12.1 Å². The summed E-state index contributed by atoms with van der Waals surface area (Å²) in [5.74, 6) is -0.158. The summed E-state index contributed by atoms with van der Waals surface area (Å²) in [4.78, 5) is 12.3. The Balaban J connectivity index is 2.24. The number of hydrogen-bond acceptors (Lipinski definition) is 4. The van der Waals surface area contributed by atoms with Crippen molar-refractivity contribution in [1.82, 2.24) is 9.62 Å². The first-order valence-electron chi connectivity index (χ1n) is 7.93. The lowest BCUT2D eigenvalue weighted by molar-refractivity contribution is -0.125. The summed E-state index contributed by atoms with van der Waals surface area (Å²) in [5, 5.41) is 2.74. The maximum atomic E-state index is 13.0. The van der Waals surface area contributed by atoms with Crippen molar-refractivity contribution in [2.75, 3.05) is 26.7 Å². The van der Waals surface area contributed by atoms with Gasteiger partial charge in [0.2, 0.25) is 15.9 Å². The van der Waals surface area contributed by atoms with Gasteiger partial charge in [0.05, 0.1) is 13.0 Å². The zero-order valence-electron chi connectivity index (χ0n) is 14.1. The molecule has 1 amide bonds. The van der Waals surface area contributed by atoms with E-state index in [1.807, 2.05) is 6.92 Å². The van der Waals surface area contributed by atoms with Gasteiger partial charge in [-0.2, -0.15) is 4.31 Å². The Morgan fingerprint density at radius 1 is 1.50 bits per heavy atom. The quantitative estimate of drug-likeness (QED) is 0.791. The highest BCUT2D eigenvalue weighted by atomic mass is 32.2. The number of carbonyl (C=O) groups excluding carboxylic acids is 1. The molecule has 0 radical (unpaired) electrons. The highest BCUT2D eigenvalue weighted by molar-refractivity contribution is 7.89. The van der Waals surface area contributed by atoms with Crippen LogP contribution in [0.4, 0.5) is 0 Å². The van der Waals surface area contributed by atoms with Crippen LogP contribution in [0.3, 0.4) is 0 Å². The van der Waals surface area contributed by atoms with Gasteiger partial charge >= 0.3 is 0 Å². The summed E-state index contributed by atoms with van der Waals surface area (Å²) < 4.78 is 32.6. The van der Waals surface area contributed by atoms with Crippen molar-refractivity contribution in [2.45, 2.75) is 24.7 Å². The maximum absolute atomic E-state index is 13.0. The molecule has 0 spiro atoms. The Bertz CT molecular complexity index is 715. The van der Waals surface area contributed by atoms with Gasteiger partial charge in [0.1, 0.15) is 10.6 Å². The lowest BCUT2D eigenvalue weighted by Crippen LogP contribution is -2.45. The summed E-state index contributed by atoms with van der Waals surface area (Å²) in [6.07, 6.45) is 2.94. The highest BCUT2D eigenvalue weighted by Gasteiger charge is 2.34. The summed E-state index contributed by atoms with van der Waals surface area (Å²) >= 11 is 0. The lowest BCUT2D eigenvalue weighted by Gasteiger charge is -2.31. The van der Waals surface area contributed by atoms with Gasteiger partial charge in [-0.05, 0) is 37.5 Å². The Morgan fingerprint density at radius 3 is 2.92 bits per heavy atom. The van der Waals surface area contributed by atoms with Crippen LogP contribution in [0.2, 0.25) is 0 Å². The number of piperidine rings is 1. The smallest absolute Gasteiger partial charge is 0.246 e. The molecule has 1 N–H and O–H groups in total. The van der Waals surface area contributed by atoms with Crippen LogP contribution in [-0.2, 0) is 14.8 Å². The third-order valence-corrected chi connectivity index (χ3v) is 6.00. The zero-order chi connectivity index (χ0) is 17.7. The van der Waals surface area contributed by atoms with E-state index in [9.17, 15) is 13.2 Å². The van der Waals surface area contributed by atoms with Crippen LogP contribution in [-0.4, -0.2) is 45.4 Å². The molecule has 24 heavy (non-hydrogen) atoms. The molecule has 2 rings (SSSR count). The van der Waals surface area contributed by atoms with Gasteiger partial charge in [-0.3, -0.25) is 4.79 Å². The molecule has 1 atom stereocenters. The van der Waals surface area contributed by atoms with Gasteiger partial charge < -0.3 is 10.1 Å². The Morgan fingerprint density at radius 2 is 2.25 bits per heavy atom. The van der Waals surface area contributed by atoms with Crippen molar-refractivity contribution < 1.29 is 17.9 Å². The van der Waals surface area contributed by atoms with E-state index in [0.29, 0.717) is 31.7 Å². The van der Waals surface area contributed by atoms with Crippen molar-refractivity contribution >= 4 is 15.9 Å². The number of benzene rings is 1. The molecule has 1 fully saturated rings. The molecule has 0 bridgehead atoms. The van der Waals surface area contributed by atoms with Crippen molar-refractivity contribution in [3.8, 4) is 5.75 Å². The van der Waals surface area contributed by atoms with Crippen LogP contribution in [0.15, 0.2) is 35.7 Å². The number of nitrogens with one attached hydrogen (secondary N) is 1. The first-order valence-corrected chi connectivity index (χ1v) is 9.37. The molecular weight excluding hydrogens is 328 g/mol. The molecule has 0 saturated carbocycles. The van der Waals surface area contributed by atoms with E-state index in [1.165, 1.54) is 11.4 Å². The van der Waals surface area contributed by atoms with Crippen molar-refractivity contribution in [3.63, 3.8) is 0 Å². The lowest BCUT2D eigenvalue weighted by atomic mass is 9.99. The predicted molar refractivity (Wildman–Crippen MR) is 92.4 cm³/mol. The normalized spacial score (nSPS) is 18.8. The van der Waals surface area contributed by atoms with Crippen molar-refractivity contribution in [2.24, 2.45) is 5.92 Å². The number of methoxy groups -OCH3 is 1. The molecule has 7 heteroatoms. The first-order chi connectivity index (χ1) is 11.4. The fourth-order valence-corrected chi connectivity index (χ4v) is 4.58. The molecule has 0 aliphatic carbocycles. The minimum Gasteiger partial charge on any atom is -0.495 e. The fourth-order valence-electron chi connectivity index (χ4n) is 2.82. The summed E-state index contributed by atoms with van der Waals surface area (Å²) in [6.45, 7) is 6.37. The molecule has 1 aromatic rings. The van der Waals surface area contributed by atoms with E-state index in [4.69, 9.17) is 4.74 Å².